The first-order chi connectivity index (χ1) is 14.2. The Hall–Kier alpha value is -2.69. The van der Waals surface area contributed by atoms with Gasteiger partial charge in [-0.25, -0.2) is 0 Å². The summed E-state index contributed by atoms with van der Waals surface area (Å²) >= 11 is 0. The molecule has 1 saturated carbocycles. The Morgan fingerprint density at radius 3 is 2.48 bits per heavy atom. The highest BCUT2D eigenvalue weighted by molar-refractivity contribution is 6.06. The van der Waals surface area contributed by atoms with E-state index in [1.807, 2.05) is 30.3 Å². The minimum Gasteiger partial charge on any atom is -0.493 e. The molecule has 5 heteroatoms. The highest BCUT2D eigenvalue weighted by atomic mass is 16.5. The number of nitrogens with zero attached hydrogens (tertiary/aromatic N) is 1. The summed E-state index contributed by atoms with van der Waals surface area (Å²) in [6, 6.07) is 13.5. The molecule has 0 atom stereocenters. The average molecular weight is 395 g/mol. The molecular formula is C24H30N2O3. The average Bonchev–Trinajstić information content (AvgIpc) is 3.28. The number of rotatable bonds is 6. The highest BCUT2D eigenvalue weighted by Gasteiger charge is 2.20. The summed E-state index contributed by atoms with van der Waals surface area (Å²) in [5.41, 5.74) is 2.51. The lowest BCUT2D eigenvalue weighted by atomic mass is 10.1. The van der Waals surface area contributed by atoms with Crippen LogP contribution in [0.3, 0.4) is 0 Å². The third-order valence-electron chi connectivity index (χ3n) is 5.87. The van der Waals surface area contributed by atoms with Crippen LogP contribution in [0, 0.1) is 0 Å². The van der Waals surface area contributed by atoms with Gasteiger partial charge in [-0.05, 0) is 75.3 Å². The lowest BCUT2D eigenvalue weighted by Gasteiger charge is -2.30. The van der Waals surface area contributed by atoms with Crippen molar-refractivity contribution in [3.05, 3.63) is 48.0 Å². The van der Waals surface area contributed by atoms with Gasteiger partial charge in [0.25, 0.3) is 5.91 Å². The third kappa shape index (κ3) is 4.66. The van der Waals surface area contributed by atoms with Gasteiger partial charge in [0.05, 0.1) is 24.6 Å². The maximum absolute atomic E-state index is 12.9. The Bertz CT molecular complexity index is 840. The molecule has 0 bridgehead atoms. The lowest BCUT2D eigenvalue weighted by Crippen LogP contribution is -2.30. The normalized spacial score (nSPS) is 17.2. The Morgan fingerprint density at radius 1 is 0.966 bits per heavy atom. The zero-order valence-electron chi connectivity index (χ0n) is 17.2. The summed E-state index contributed by atoms with van der Waals surface area (Å²) in [5.74, 6) is 1.18. The second-order valence-corrected chi connectivity index (χ2v) is 7.91. The molecule has 4 rings (SSSR count). The van der Waals surface area contributed by atoms with Crippen LogP contribution in [0.2, 0.25) is 0 Å². The van der Waals surface area contributed by atoms with E-state index in [4.69, 9.17) is 9.47 Å². The second-order valence-electron chi connectivity index (χ2n) is 7.91. The Labute approximate surface area is 173 Å². The summed E-state index contributed by atoms with van der Waals surface area (Å²) in [6.07, 6.45) is 8.51. The van der Waals surface area contributed by atoms with Crippen LogP contribution in [0.1, 0.15) is 55.3 Å². The van der Waals surface area contributed by atoms with Gasteiger partial charge in [-0.1, -0.05) is 12.1 Å². The van der Waals surface area contributed by atoms with E-state index in [0.29, 0.717) is 17.1 Å². The van der Waals surface area contributed by atoms with Crippen molar-refractivity contribution in [3.63, 3.8) is 0 Å². The quantitative estimate of drug-likeness (QED) is 0.726. The number of methoxy groups -OCH3 is 1. The van der Waals surface area contributed by atoms with Crippen LogP contribution in [0.25, 0.3) is 0 Å². The van der Waals surface area contributed by atoms with Crippen molar-refractivity contribution in [2.45, 2.75) is 51.0 Å². The van der Waals surface area contributed by atoms with E-state index >= 15 is 0 Å². The van der Waals surface area contributed by atoms with Crippen LogP contribution in [0.15, 0.2) is 42.5 Å². The van der Waals surface area contributed by atoms with Crippen molar-refractivity contribution < 1.29 is 14.3 Å². The smallest absolute Gasteiger partial charge is 0.255 e. The van der Waals surface area contributed by atoms with Gasteiger partial charge in [-0.15, -0.1) is 0 Å². The zero-order chi connectivity index (χ0) is 20.1. The minimum atomic E-state index is -0.139. The maximum atomic E-state index is 12.9. The summed E-state index contributed by atoms with van der Waals surface area (Å²) in [5, 5.41) is 3.09. The second kappa shape index (κ2) is 9.21. The molecule has 1 aliphatic heterocycles. The van der Waals surface area contributed by atoms with Crippen molar-refractivity contribution in [3.8, 4) is 11.5 Å². The predicted octanol–water partition coefficient (Wildman–Crippen LogP) is 5.26. The standard InChI is InChI=1S/C24H30N2O3/c1-28-23-17-18(13-14-22(23)29-19-9-3-4-10-19)24(27)25-20-11-5-6-12-21(20)26-15-7-2-8-16-26/h5-6,11-14,17,19H,2-4,7-10,15-16H2,1H3,(H,25,27). The summed E-state index contributed by atoms with van der Waals surface area (Å²) < 4.78 is 11.6. The van der Waals surface area contributed by atoms with E-state index in [9.17, 15) is 4.79 Å². The fraction of sp³-hybridized carbons (Fsp3) is 0.458. The predicted molar refractivity (Wildman–Crippen MR) is 116 cm³/mol. The molecule has 29 heavy (non-hydrogen) atoms. The number of ether oxygens (including phenoxy) is 2. The van der Waals surface area contributed by atoms with Crippen LogP contribution in [-0.2, 0) is 0 Å². The Balaban J connectivity index is 1.50. The van der Waals surface area contributed by atoms with E-state index in [0.717, 1.165) is 37.3 Å². The topological polar surface area (TPSA) is 50.8 Å². The molecule has 1 aliphatic carbocycles. The summed E-state index contributed by atoms with van der Waals surface area (Å²) in [6.45, 7) is 2.07. The Kier molecular flexibility index (Phi) is 6.23. The van der Waals surface area contributed by atoms with Crippen molar-refractivity contribution >= 4 is 17.3 Å². The molecule has 1 saturated heterocycles. The van der Waals surface area contributed by atoms with E-state index in [-0.39, 0.29) is 12.0 Å². The van der Waals surface area contributed by atoms with Gasteiger partial charge in [0, 0.05) is 18.7 Å². The number of carbonyl (C=O) groups excluding carboxylic acids is 1. The molecular weight excluding hydrogens is 364 g/mol. The molecule has 2 aromatic rings. The maximum Gasteiger partial charge on any atom is 0.255 e. The number of benzene rings is 2. The van der Waals surface area contributed by atoms with Crippen molar-refractivity contribution in [2.24, 2.45) is 0 Å². The number of carbonyl (C=O) groups is 1. The molecule has 0 unspecified atom stereocenters. The van der Waals surface area contributed by atoms with Gasteiger partial charge >= 0.3 is 0 Å². The van der Waals surface area contributed by atoms with Crippen molar-refractivity contribution in [2.75, 3.05) is 30.4 Å². The van der Waals surface area contributed by atoms with Gasteiger partial charge in [0.2, 0.25) is 0 Å². The zero-order valence-corrected chi connectivity index (χ0v) is 17.2. The molecule has 2 fully saturated rings. The van der Waals surface area contributed by atoms with Crippen molar-refractivity contribution in [1.82, 2.24) is 0 Å². The number of hydrogen-bond acceptors (Lipinski definition) is 4. The molecule has 2 aliphatic rings. The molecule has 0 aromatic heterocycles. The SMILES string of the molecule is COc1cc(C(=O)Nc2ccccc2N2CCCCC2)ccc1OC1CCCC1. The largest absolute Gasteiger partial charge is 0.493 e. The first-order valence-corrected chi connectivity index (χ1v) is 10.7. The molecule has 0 radical (unpaired) electrons. The molecule has 1 N–H and O–H groups in total. The number of amides is 1. The monoisotopic (exact) mass is 394 g/mol. The van der Waals surface area contributed by atoms with E-state index in [1.165, 1.54) is 32.1 Å². The minimum absolute atomic E-state index is 0.139. The molecule has 1 amide bonds. The number of piperidine rings is 1. The van der Waals surface area contributed by atoms with Gasteiger partial charge in [-0.2, -0.15) is 0 Å². The summed E-state index contributed by atoms with van der Waals surface area (Å²) in [7, 11) is 1.62. The van der Waals surface area contributed by atoms with Crippen LogP contribution in [0.4, 0.5) is 11.4 Å². The van der Waals surface area contributed by atoms with E-state index < -0.39 is 0 Å². The van der Waals surface area contributed by atoms with Gasteiger partial charge in [0.1, 0.15) is 0 Å². The van der Waals surface area contributed by atoms with Gasteiger partial charge < -0.3 is 19.7 Å². The third-order valence-corrected chi connectivity index (χ3v) is 5.87. The fourth-order valence-electron chi connectivity index (χ4n) is 4.28. The number of nitrogens with one attached hydrogen (secondary N) is 1. The first-order valence-electron chi connectivity index (χ1n) is 10.7. The van der Waals surface area contributed by atoms with Crippen LogP contribution in [-0.4, -0.2) is 32.2 Å². The number of para-hydroxylation sites is 2. The molecule has 154 valence electrons. The fourth-order valence-corrected chi connectivity index (χ4v) is 4.28. The lowest BCUT2D eigenvalue weighted by molar-refractivity contribution is 0.102. The van der Waals surface area contributed by atoms with Gasteiger partial charge in [-0.3, -0.25) is 4.79 Å². The van der Waals surface area contributed by atoms with E-state index in [2.05, 4.69) is 16.3 Å². The van der Waals surface area contributed by atoms with Gasteiger partial charge in [0.15, 0.2) is 11.5 Å². The molecule has 5 nitrogen and oxygen atoms in total. The Morgan fingerprint density at radius 2 is 1.72 bits per heavy atom. The molecule has 2 aromatic carbocycles. The van der Waals surface area contributed by atoms with Crippen LogP contribution < -0.4 is 19.7 Å². The first kappa shape index (κ1) is 19.6. The van der Waals surface area contributed by atoms with Crippen LogP contribution >= 0.6 is 0 Å². The highest BCUT2D eigenvalue weighted by Crippen LogP contribution is 2.33. The molecule has 0 spiro atoms. The van der Waals surface area contributed by atoms with E-state index in [1.54, 1.807) is 13.2 Å². The van der Waals surface area contributed by atoms with Crippen molar-refractivity contribution in [1.29, 1.82) is 0 Å². The number of anilines is 2. The number of hydrogen-bond donors (Lipinski definition) is 1. The molecule has 1 heterocycles. The summed E-state index contributed by atoms with van der Waals surface area (Å²) in [4.78, 5) is 15.3. The van der Waals surface area contributed by atoms with Crippen LogP contribution in [0.5, 0.6) is 11.5 Å².